The fourth-order valence-electron chi connectivity index (χ4n) is 1.42. The second-order valence-corrected chi connectivity index (χ2v) is 5.60. The Morgan fingerprint density at radius 1 is 1.35 bits per heavy atom. The molecule has 0 fully saturated rings. The van der Waals surface area contributed by atoms with Crippen molar-refractivity contribution in [2.45, 2.75) is 17.9 Å². The minimum atomic E-state index is -4.87. The zero-order chi connectivity index (χ0) is 17.6. The van der Waals surface area contributed by atoms with Gasteiger partial charge in [0, 0.05) is 6.08 Å². The Bertz CT molecular complexity index is 706. The monoisotopic (exact) mass is 346 g/mol. The summed E-state index contributed by atoms with van der Waals surface area (Å²) in [7, 11) is -4.87. The molecule has 0 aromatic heterocycles. The molecule has 1 atom stereocenters. The van der Waals surface area contributed by atoms with Crippen molar-refractivity contribution >= 4 is 22.1 Å². The molecule has 0 spiro atoms. The van der Waals surface area contributed by atoms with Crippen LogP contribution in [0.4, 0.5) is 0 Å². The Balaban J connectivity index is 3.21. The first-order valence-corrected chi connectivity index (χ1v) is 7.57. The smallest absolute Gasteiger partial charge is 0.387 e. The molecule has 0 amide bonds. The third-order valence-corrected chi connectivity index (χ3v) is 3.24. The van der Waals surface area contributed by atoms with Crippen LogP contribution >= 0.6 is 0 Å². The van der Waals surface area contributed by atoms with Crippen LogP contribution in [0.1, 0.15) is 17.3 Å². The fourth-order valence-corrected chi connectivity index (χ4v) is 2.23. The summed E-state index contributed by atoms with van der Waals surface area (Å²) in [4.78, 5) is 30.0. The van der Waals surface area contributed by atoms with Crippen LogP contribution in [0.15, 0.2) is 35.7 Å². The molecule has 0 aliphatic carbocycles. The van der Waals surface area contributed by atoms with Crippen LogP contribution in [0.5, 0.6) is 5.75 Å². The van der Waals surface area contributed by atoms with Crippen LogP contribution in [-0.4, -0.2) is 42.7 Å². The van der Waals surface area contributed by atoms with Crippen molar-refractivity contribution in [2.75, 3.05) is 6.61 Å². The topological polar surface area (TPSA) is 136 Å². The van der Waals surface area contributed by atoms with E-state index >= 15 is 0 Å². The SMILES string of the molecule is C=CC(=O)OOC(=O)c1cccc(OCC(C)O)c1S(=O)(=O)O. The van der Waals surface area contributed by atoms with Gasteiger partial charge in [-0.3, -0.25) is 4.55 Å². The minimum absolute atomic E-state index is 0.285. The summed E-state index contributed by atoms with van der Waals surface area (Å²) >= 11 is 0. The van der Waals surface area contributed by atoms with Crippen molar-refractivity contribution in [3.05, 3.63) is 36.4 Å². The van der Waals surface area contributed by atoms with E-state index in [0.717, 1.165) is 18.2 Å². The van der Waals surface area contributed by atoms with Crippen LogP contribution in [0.3, 0.4) is 0 Å². The molecular weight excluding hydrogens is 332 g/mol. The lowest BCUT2D eigenvalue weighted by Gasteiger charge is -2.13. The lowest BCUT2D eigenvalue weighted by atomic mass is 10.2. The molecule has 0 saturated heterocycles. The largest absolute Gasteiger partial charge is 0.489 e. The first-order valence-electron chi connectivity index (χ1n) is 6.13. The van der Waals surface area contributed by atoms with Crippen molar-refractivity contribution in [2.24, 2.45) is 0 Å². The van der Waals surface area contributed by atoms with E-state index in [4.69, 9.17) is 9.84 Å². The van der Waals surface area contributed by atoms with Crippen LogP contribution in [-0.2, 0) is 24.7 Å². The predicted molar refractivity (Wildman–Crippen MR) is 75.1 cm³/mol. The third-order valence-electron chi connectivity index (χ3n) is 2.30. The number of hydrogen-bond acceptors (Lipinski definition) is 8. The number of benzene rings is 1. The van der Waals surface area contributed by atoms with Crippen LogP contribution in [0.2, 0.25) is 0 Å². The number of rotatable bonds is 6. The number of carbonyl (C=O) groups excluding carboxylic acids is 2. The van der Waals surface area contributed by atoms with Gasteiger partial charge in [0.05, 0.1) is 11.7 Å². The number of ether oxygens (including phenoxy) is 1. The summed E-state index contributed by atoms with van der Waals surface area (Å²) in [5.74, 6) is -2.80. The van der Waals surface area contributed by atoms with E-state index in [-0.39, 0.29) is 12.4 Å². The molecule has 126 valence electrons. The normalized spacial score (nSPS) is 12.1. The average Bonchev–Trinajstić information content (AvgIpc) is 2.48. The quantitative estimate of drug-likeness (QED) is 0.326. The molecule has 0 aliphatic rings. The van der Waals surface area contributed by atoms with E-state index in [0.29, 0.717) is 0 Å². The molecule has 2 N–H and O–H groups in total. The maximum Gasteiger partial charge on any atom is 0.387 e. The van der Waals surface area contributed by atoms with Gasteiger partial charge in [0.1, 0.15) is 12.4 Å². The summed E-state index contributed by atoms with van der Waals surface area (Å²) in [6.45, 7) is 4.18. The van der Waals surface area contributed by atoms with Crippen LogP contribution in [0.25, 0.3) is 0 Å². The highest BCUT2D eigenvalue weighted by Crippen LogP contribution is 2.28. The van der Waals surface area contributed by atoms with Gasteiger partial charge < -0.3 is 9.84 Å². The van der Waals surface area contributed by atoms with Gasteiger partial charge in [-0.2, -0.15) is 8.42 Å². The highest BCUT2D eigenvalue weighted by molar-refractivity contribution is 7.86. The maximum absolute atomic E-state index is 11.8. The van der Waals surface area contributed by atoms with Gasteiger partial charge in [-0.15, -0.1) is 0 Å². The molecule has 0 saturated carbocycles. The molecular formula is C13H14O9S. The van der Waals surface area contributed by atoms with Crippen molar-refractivity contribution in [3.63, 3.8) is 0 Å². The van der Waals surface area contributed by atoms with Gasteiger partial charge in [0.25, 0.3) is 10.1 Å². The van der Waals surface area contributed by atoms with Gasteiger partial charge in [-0.25, -0.2) is 19.4 Å². The van der Waals surface area contributed by atoms with Gasteiger partial charge in [-0.05, 0) is 19.1 Å². The predicted octanol–water partition coefficient (Wildman–Crippen LogP) is 0.494. The highest BCUT2D eigenvalue weighted by Gasteiger charge is 2.27. The highest BCUT2D eigenvalue weighted by atomic mass is 32.2. The fraction of sp³-hybridized carbons (Fsp3) is 0.231. The van der Waals surface area contributed by atoms with E-state index in [9.17, 15) is 22.6 Å². The summed E-state index contributed by atoms with van der Waals surface area (Å²) < 4.78 is 37.3. The number of hydrogen-bond donors (Lipinski definition) is 2. The van der Waals surface area contributed by atoms with Gasteiger partial charge >= 0.3 is 11.9 Å². The van der Waals surface area contributed by atoms with Crippen molar-refractivity contribution in [1.29, 1.82) is 0 Å². The molecule has 0 heterocycles. The zero-order valence-electron chi connectivity index (χ0n) is 12.0. The Hall–Kier alpha value is -2.43. The van der Waals surface area contributed by atoms with E-state index < -0.39 is 38.6 Å². The minimum Gasteiger partial charge on any atom is -0.489 e. The summed E-state index contributed by atoms with van der Waals surface area (Å²) in [6.07, 6.45) is -0.201. The molecule has 9 nitrogen and oxygen atoms in total. The molecule has 0 aliphatic heterocycles. The van der Waals surface area contributed by atoms with Crippen molar-refractivity contribution < 1.29 is 42.2 Å². The van der Waals surface area contributed by atoms with Gasteiger partial charge in [-0.1, -0.05) is 12.6 Å². The summed E-state index contributed by atoms with van der Waals surface area (Å²) in [5, 5.41) is 9.16. The van der Waals surface area contributed by atoms with Crippen LogP contribution in [0, 0.1) is 0 Å². The number of aliphatic hydroxyl groups excluding tert-OH is 1. The maximum atomic E-state index is 11.8. The van der Waals surface area contributed by atoms with Crippen molar-refractivity contribution in [3.8, 4) is 5.75 Å². The molecule has 10 heteroatoms. The van der Waals surface area contributed by atoms with E-state index in [2.05, 4.69) is 16.4 Å². The lowest BCUT2D eigenvalue weighted by Crippen LogP contribution is -2.18. The van der Waals surface area contributed by atoms with E-state index in [1.807, 2.05) is 0 Å². The average molecular weight is 346 g/mol. The van der Waals surface area contributed by atoms with Gasteiger partial charge in [0.2, 0.25) is 0 Å². The first-order chi connectivity index (χ1) is 10.7. The Labute approximate surface area is 131 Å². The van der Waals surface area contributed by atoms with E-state index in [1.165, 1.54) is 13.0 Å². The molecule has 23 heavy (non-hydrogen) atoms. The third kappa shape index (κ3) is 5.36. The molecule has 1 unspecified atom stereocenters. The Morgan fingerprint density at radius 2 is 2.00 bits per heavy atom. The lowest BCUT2D eigenvalue weighted by molar-refractivity contribution is -0.228. The van der Waals surface area contributed by atoms with Gasteiger partial charge in [0.15, 0.2) is 4.90 Å². The molecule has 1 aromatic rings. The molecule has 0 bridgehead atoms. The Morgan fingerprint density at radius 3 is 2.52 bits per heavy atom. The summed E-state index contributed by atoms with van der Waals surface area (Å²) in [6, 6.07) is 3.43. The molecule has 1 aromatic carbocycles. The van der Waals surface area contributed by atoms with Crippen molar-refractivity contribution in [1.82, 2.24) is 0 Å². The second-order valence-electron chi connectivity index (χ2n) is 4.25. The standard InChI is InChI=1S/C13H14O9S/c1-3-11(15)21-22-13(16)9-5-4-6-10(20-7-8(2)14)12(9)23(17,18)19/h3-6,8,14H,1,7H2,2H3,(H,17,18,19). The van der Waals surface area contributed by atoms with Crippen LogP contribution < -0.4 is 4.74 Å². The Kier molecular flexibility index (Phi) is 6.25. The molecule has 0 radical (unpaired) electrons. The number of carbonyl (C=O) groups is 2. The number of aliphatic hydroxyl groups is 1. The zero-order valence-corrected chi connectivity index (χ0v) is 12.8. The van der Waals surface area contributed by atoms with E-state index in [1.54, 1.807) is 0 Å². The molecule has 1 rings (SSSR count). The second kappa shape index (κ2) is 7.72. The summed E-state index contributed by atoms with van der Waals surface area (Å²) in [5.41, 5.74) is -0.618. The first kappa shape index (κ1) is 18.6.